The van der Waals surface area contributed by atoms with Gasteiger partial charge in [0.1, 0.15) is 6.61 Å². The number of esters is 2. The molecule has 0 saturated heterocycles. The average molecular weight is 761 g/mol. The Morgan fingerprint density at radius 1 is 0.389 bits per heavy atom. The van der Waals surface area contributed by atoms with Crippen LogP contribution in [0, 0.1) is 0 Å². The van der Waals surface area contributed by atoms with Gasteiger partial charge in [-0.05, 0) is 64.2 Å². The van der Waals surface area contributed by atoms with Crippen LogP contribution < -0.4 is 0 Å². The predicted molar refractivity (Wildman–Crippen MR) is 233 cm³/mol. The molecule has 0 spiro atoms. The second kappa shape index (κ2) is 45.8. The molecule has 5 nitrogen and oxygen atoms in total. The summed E-state index contributed by atoms with van der Waals surface area (Å²) in [7, 11) is 0. The summed E-state index contributed by atoms with van der Waals surface area (Å²) in [6.07, 6.45) is 51.7. The first-order valence-corrected chi connectivity index (χ1v) is 23.9. The maximum absolute atomic E-state index is 12.7. The molecule has 0 bridgehead atoms. The Bertz CT molecular complexity index is 821. The molecule has 0 aromatic carbocycles. The number of ether oxygens (including phenoxy) is 3. The van der Waals surface area contributed by atoms with Crippen molar-refractivity contribution in [3.05, 3.63) is 24.3 Å². The number of carbonyl (C=O) groups is 2. The molecule has 0 aliphatic heterocycles. The molecule has 0 aromatic heterocycles. The van der Waals surface area contributed by atoms with Gasteiger partial charge < -0.3 is 14.2 Å². The SMILES string of the molecule is CCCC/C=C\CCCCCCCCOCC(COC(=O)CCCCCCC/C=C\CCCCCC)OC(=O)CCCCCCCCCCCCCCC. The maximum Gasteiger partial charge on any atom is 0.306 e. The third kappa shape index (κ3) is 43.1. The van der Waals surface area contributed by atoms with Crippen molar-refractivity contribution in [3.8, 4) is 0 Å². The second-order valence-corrected chi connectivity index (χ2v) is 16.0. The molecule has 0 saturated carbocycles. The molecule has 1 unspecified atom stereocenters. The summed E-state index contributed by atoms with van der Waals surface area (Å²) in [6.45, 7) is 7.79. The molecule has 1 atom stereocenters. The smallest absolute Gasteiger partial charge is 0.306 e. The molecule has 0 aromatic rings. The molecule has 0 N–H and O–H groups in total. The number of unbranched alkanes of at least 4 members (excludes halogenated alkanes) is 29. The van der Waals surface area contributed by atoms with Gasteiger partial charge in [0.2, 0.25) is 0 Å². The topological polar surface area (TPSA) is 61.8 Å². The lowest BCUT2D eigenvalue weighted by molar-refractivity contribution is -0.163. The standard InChI is InChI=1S/C49H92O5/c1-4-7-10-13-16-19-22-25-27-30-33-36-39-42-48(50)53-46-47(45-52-44-41-38-35-32-29-24-21-18-15-12-9-6-3)54-49(51)43-40-37-34-31-28-26-23-20-17-14-11-8-5-2/h15,18-19,22,47H,4-14,16-17,20-21,23-46H2,1-3H3/b18-15-,22-19-. The molecular weight excluding hydrogens is 669 g/mol. The zero-order valence-corrected chi connectivity index (χ0v) is 36.5. The summed E-state index contributed by atoms with van der Waals surface area (Å²) in [6, 6.07) is 0. The molecule has 5 heteroatoms. The number of hydrogen-bond donors (Lipinski definition) is 0. The van der Waals surface area contributed by atoms with Crippen LogP contribution in [0.2, 0.25) is 0 Å². The van der Waals surface area contributed by atoms with E-state index in [1.54, 1.807) is 0 Å². The van der Waals surface area contributed by atoms with Gasteiger partial charge >= 0.3 is 11.9 Å². The van der Waals surface area contributed by atoms with Gasteiger partial charge in [0.15, 0.2) is 6.10 Å². The molecule has 54 heavy (non-hydrogen) atoms. The van der Waals surface area contributed by atoms with Crippen LogP contribution in [0.25, 0.3) is 0 Å². The maximum atomic E-state index is 12.7. The van der Waals surface area contributed by atoms with Gasteiger partial charge in [0, 0.05) is 19.4 Å². The Hall–Kier alpha value is -1.62. The minimum Gasteiger partial charge on any atom is -0.462 e. The Morgan fingerprint density at radius 3 is 1.20 bits per heavy atom. The lowest BCUT2D eigenvalue weighted by Crippen LogP contribution is -2.30. The highest BCUT2D eigenvalue weighted by Gasteiger charge is 2.17. The summed E-state index contributed by atoms with van der Waals surface area (Å²) in [5.74, 6) is -0.399. The van der Waals surface area contributed by atoms with E-state index < -0.39 is 6.10 Å². The van der Waals surface area contributed by atoms with Crippen LogP contribution in [-0.4, -0.2) is 37.9 Å². The number of carbonyl (C=O) groups excluding carboxylic acids is 2. The van der Waals surface area contributed by atoms with Crippen LogP contribution >= 0.6 is 0 Å². The van der Waals surface area contributed by atoms with E-state index in [4.69, 9.17) is 14.2 Å². The van der Waals surface area contributed by atoms with Crippen molar-refractivity contribution < 1.29 is 23.8 Å². The van der Waals surface area contributed by atoms with Crippen molar-refractivity contribution in [2.45, 2.75) is 258 Å². The van der Waals surface area contributed by atoms with Gasteiger partial charge in [0.05, 0.1) is 6.61 Å². The fourth-order valence-corrected chi connectivity index (χ4v) is 6.84. The quantitative estimate of drug-likeness (QED) is 0.0352. The third-order valence-electron chi connectivity index (χ3n) is 10.5. The molecule has 0 heterocycles. The fraction of sp³-hybridized carbons (Fsp3) is 0.878. The first kappa shape index (κ1) is 52.4. The zero-order chi connectivity index (χ0) is 39.3. The van der Waals surface area contributed by atoms with E-state index in [2.05, 4.69) is 45.1 Å². The fourth-order valence-electron chi connectivity index (χ4n) is 6.84. The normalized spacial score (nSPS) is 12.3. The Morgan fingerprint density at radius 2 is 0.741 bits per heavy atom. The van der Waals surface area contributed by atoms with E-state index in [0.717, 1.165) is 51.4 Å². The van der Waals surface area contributed by atoms with E-state index >= 15 is 0 Å². The summed E-state index contributed by atoms with van der Waals surface area (Å²) in [5.41, 5.74) is 0. The molecule has 0 aliphatic carbocycles. The number of hydrogen-bond acceptors (Lipinski definition) is 5. The first-order chi connectivity index (χ1) is 26.6. The lowest BCUT2D eigenvalue weighted by atomic mass is 10.0. The largest absolute Gasteiger partial charge is 0.462 e. The minimum atomic E-state index is -0.534. The number of allylic oxidation sites excluding steroid dienone is 4. The second-order valence-electron chi connectivity index (χ2n) is 16.0. The van der Waals surface area contributed by atoms with Crippen molar-refractivity contribution in [3.63, 3.8) is 0 Å². The summed E-state index contributed by atoms with van der Waals surface area (Å²) in [4.78, 5) is 25.3. The van der Waals surface area contributed by atoms with Crippen molar-refractivity contribution >= 4 is 11.9 Å². The van der Waals surface area contributed by atoms with E-state index in [-0.39, 0.29) is 25.2 Å². The molecule has 318 valence electrons. The van der Waals surface area contributed by atoms with E-state index in [1.165, 1.54) is 167 Å². The van der Waals surface area contributed by atoms with Crippen molar-refractivity contribution in [1.82, 2.24) is 0 Å². The molecular formula is C49H92O5. The average Bonchev–Trinajstić information content (AvgIpc) is 3.17. The van der Waals surface area contributed by atoms with Crippen LogP contribution in [0.5, 0.6) is 0 Å². The van der Waals surface area contributed by atoms with Crippen LogP contribution in [-0.2, 0) is 23.8 Å². The Kier molecular flexibility index (Phi) is 44.4. The van der Waals surface area contributed by atoms with Crippen LogP contribution in [0.1, 0.15) is 252 Å². The molecule has 0 amide bonds. The highest BCUT2D eigenvalue weighted by molar-refractivity contribution is 5.70. The molecule has 0 fully saturated rings. The van der Waals surface area contributed by atoms with Crippen LogP contribution in [0.3, 0.4) is 0 Å². The summed E-state index contributed by atoms with van der Waals surface area (Å²) < 4.78 is 17.3. The summed E-state index contributed by atoms with van der Waals surface area (Å²) in [5, 5.41) is 0. The van der Waals surface area contributed by atoms with E-state index in [0.29, 0.717) is 19.4 Å². The van der Waals surface area contributed by atoms with Gasteiger partial charge in [-0.1, -0.05) is 199 Å². The van der Waals surface area contributed by atoms with Crippen molar-refractivity contribution in [2.24, 2.45) is 0 Å². The molecule has 0 aliphatic rings. The van der Waals surface area contributed by atoms with Crippen molar-refractivity contribution in [1.29, 1.82) is 0 Å². The highest BCUT2D eigenvalue weighted by Crippen LogP contribution is 2.15. The Balaban J connectivity index is 4.24. The first-order valence-electron chi connectivity index (χ1n) is 23.9. The summed E-state index contributed by atoms with van der Waals surface area (Å²) >= 11 is 0. The molecule has 0 rings (SSSR count). The Labute approximate surface area is 337 Å². The molecule has 0 radical (unpaired) electrons. The van der Waals surface area contributed by atoms with Gasteiger partial charge in [-0.3, -0.25) is 9.59 Å². The van der Waals surface area contributed by atoms with Gasteiger partial charge in [-0.15, -0.1) is 0 Å². The van der Waals surface area contributed by atoms with E-state index in [9.17, 15) is 9.59 Å². The monoisotopic (exact) mass is 761 g/mol. The highest BCUT2D eigenvalue weighted by atomic mass is 16.6. The van der Waals surface area contributed by atoms with Crippen LogP contribution in [0.4, 0.5) is 0 Å². The predicted octanol–water partition coefficient (Wildman–Crippen LogP) is 15.7. The van der Waals surface area contributed by atoms with Gasteiger partial charge in [-0.2, -0.15) is 0 Å². The van der Waals surface area contributed by atoms with Crippen LogP contribution in [0.15, 0.2) is 24.3 Å². The van der Waals surface area contributed by atoms with Gasteiger partial charge in [0.25, 0.3) is 0 Å². The minimum absolute atomic E-state index is 0.0842. The van der Waals surface area contributed by atoms with Crippen molar-refractivity contribution in [2.75, 3.05) is 19.8 Å². The zero-order valence-electron chi connectivity index (χ0n) is 36.5. The van der Waals surface area contributed by atoms with Gasteiger partial charge in [-0.25, -0.2) is 0 Å². The van der Waals surface area contributed by atoms with E-state index in [1.807, 2.05) is 0 Å². The third-order valence-corrected chi connectivity index (χ3v) is 10.5. The number of rotatable bonds is 44. The lowest BCUT2D eigenvalue weighted by Gasteiger charge is -2.18.